The molecule has 0 saturated carbocycles. The van der Waals surface area contributed by atoms with E-state index >= 15 is 0 Å². The molecule has 1 aliphatic carbocycles. The molecule has 1 heterocycles. The molecule has 3 atom stereocenters. The molecule has 2 aromatic rings. The second-order valence-corrected chi connectivity index (χ2v) is 6.94. The highest BCUT2D eigenvalue weighted by Crippen LogP contribution is 2.52. The number of hydrogen-bond donors (Lipinski definition) is 1. The molecule has 1 aliphatic heterocycles. The molecule has 4 heteroatoms. The summed E-state index contributed by atoms with van der Waals surface area (Å²) in [7, 11) is 1.70. The number of ether oxygens (including phenoxy) is 1. The van der Waals surface area contributed by atoms with E-state index in [0.717, 1.165) is 28.4 Å². The Bertz CT molecular complexity index is 787. The van der Waals surface area contributed by atoms with Gasteiger partial charge in [0, 0.05) is 27.2 Å². The second kappa shape index (κ2) is 5.77. The molecule has 2 aliphatic rings. The summed E-state index contributed by atoms with van der Waals surface area (Å²) < 4.78 is 5.38. The molecule has 118 valence electrons. The third kappa shape index (κ3) is 2.50. The van der Waals surface area contributed by atoms with Crippen LogP contribution in [0.3, 0.4) is 0 Å². The minimum atomic E-state index is 0.215. The van der Waals surface area contributed by atoms with Crippen LogP contribution in [0.4, 0.5) is 5.69 Å². The number of hydrogen-bond acceptors (Lipinski definition) is 2. The van der Waals surface area contributed by atoms with Gasteiger partial charge in [-0.25, -0.2) is 0 Å². The largest absolute Gasteiger partial charge is 0.497 e. The third-order valence-electron chi connectivity index (χ3n) is 4.83. The predicted molar refractivity (Wildman–Crippen MR) is 95.8 cm³/mol. The van der Waals surface area contributed by atoms with E-state index in [-0.39, 0.29) is 6.04 Å². The Labute approximate surface area is 146 Å². The van der Waals surface area contributed by atoms with Crippen molar-refractivity contribution in [2.45, 2.75) is 18.4 Å². The number of anilines is 1. The van der Waals surface area contributed by atoms with Gasteiger partial charge in [-0.15, -0.1) is 0 Å². The molecule has 1 N–H and O–H groups in total. The number of benzene rings is 2. The van der Waals surface area contributed by atoms with E-state index < -0.39 is 0 Å². The average molecular weight is 346 g/mol. The Kier molecular flexibility index (Phi) is 3.74. The summed E-state index contributed by atoms with van der Waals surface area (Å²) >= 11 is 12.7. The van der Waals surface area contributed by atoms with Crippen LogP contribution in [0.1, 0.15) is 29.5 Å². The van der Waals surface area contributed by atoms with Crippen molar-refractivity contribution in [3.8, 4) is 5.75 Å². The predicted octanol–water partition coefficient (Wildman–Crippen LogP) is 5.83. The van der Waals surface area contributed by atoms with Crippen LogP contribution < -0.4 is 10.1 Å². The van der Waals surface area contributed by atoms with Gasteiger partial charge in [-0.05, 0) is 42.2 Å². The highest BCUT2D eigenvalue weighted by molar-refractivity contribution is 6.35. The van der Waals surface area contributed by atoms with Crippen molar-refractivity contribution >= 4 is 28.9 Å². The molecule has 0 unspecified atom stereocenters. The molecule has 0 radical (unpaired) electrons. The molecule has 0 bridgehead atoms. The van der Waals surface area contributed by atoms with Crippen LogP contribution >= 0.6 is 23.2 Å². The van der Waals surface area contributed by atoms with Crippen molar-refractivity contribution in [2.75, 3.05) is 12.4 Å². The van der Waals surface area contributed by atoms with Gasteiger partial charge in [0.25, 0.3) is 0 Å². The van der Waals surface area contributed by atoms with Crippen LogP contribution in [-0.2, 0) is 0 Å². The van der Waals surface area contributed by atoms with Gasteiger partial charge in [-0.2, -0.15) is 0 Å². The smallest absolute Gasteiger partial charge is 0.119 e. The maximum absolute atomic E-state index is 6.48. The highest BCUT2D eigenvalue weighted by Gasteiger charge is 2.39. The van der Waals surface area contributed by atoms with E-state index in [1.54, 1.807) is 7.11 Å². The molecule has 0 amide bonds. The minimum absolute atomic E-state index is 0.215. The SMILES string of the molecule is COc1cccc([C@@H]2Nc3cc(Cl)cc(Cl)c3[C@@H]3C=CC[C@H]32)c1. The van der Waals surface area contributed by atoms with Gasteiger partial charge in [0.2, 0.25) is 0 Å². The maximum Gasteiger partial charge on any atom is 0.119 e. The van der Waals surface area contributed by atoms with E-state index in [4.69, 9.17) is 27.9 Å². The molecule has 0 saturated heterocycles. The summed E-state index contributed by atoms with van der Waals surface area (Å²) in [5.74, 6) is 1.65. The lowest BCUT2D eigenvalue weighted by Crippen LogP contribution is -2.29. The van der Waals surface area contributed by atoms with E-state index in [2.05, 4.69) is 29.6 Å². The molecule has 0 spiro atoms. The Morgan fingerprint density at radius 1 is 1.17 bits per heavy atom. The highest BCUT2D eigenvalue weighted by atomic mass is 35.5. The number of allylic oxidation sites excluding steroid dienone is 2. The Balaban J connectivity index is 1.81. The summed E-state index contributed by atoms with van der Waals surface area (Å²) in [4.78, 5) is 0. The number of methoxy groups -OCH3 is 1. The summed E-state index contributed by atoms with van der Waals surface area (Å²) in [6.45, 7) is 0. The van der Waals surface area contributed by atoms with E-state index in [1.165, 1.54) is 5.56 Å². The molecule has 23 heavy (non-hydrogen) atoms. The first-order valence-electron chi connectivity index (χ1n) is 7.73. The lowest BCUT2D eigenvalue weighted by molar-refractivity contribution is 0.406. The summed E-state index contributed by atoms with van der Waals surface area (Å²) in [5, 5.41) is 5.05. The van der Waals surface area contributed by atoms with Crippen molar-refractivity contribution in [3.05, 3.63) is 69.7 Å². The van der Waals surface area contributed by atoms with Gasteiger partial charge in [0.05, 0.1) is 13.2 Å². The zero-order chi connectivity index (χ0) is 16.0. The fraction of sp³-hybridized carbons (Fsp3) is 0.263. The first-order valence-corrected chi connectivity index (χ1v) is 8.49. The van der Waals surface area contributed by atoms with Crippen molar-refractivity contribution in [1.29, 1.82) is 0 Å². The van der Waals surface area contributed by atoms with Crippen LogP contribution in [0.5, 0.6) is 5.75 Å². The van der Waals surface area contributed by atoms with Crippen LogP contribution in [0, 0.1) is 5.92 Å². The van der Waals surface area contributed by atoms with Crippen molar-refractivity contribution in [3.63, 3.8) is 0 Å². The topological polar surface area (TPSA) is 21.3 Å². The van der Waals surface area contributed by atoms with Gasteiger partial charge in [-0.1, -0.05) is 47.5 Å². The number of rotatable bonds is 2. The van der Waals surface area contributed by atoms with Crippen molar-refractivity contribution < 1.29 is 4.74 Å². The molecule has 0 aromatic heterocycles. The van der Waals surface area contributed by atoms with Gasteiger partial charge in [-0.3, -0.25) is 0 Å². The van der Waals surface area contributed by atoms with Crippen molar-refractivity contribution in [2.24, 2.45) is 5.92 Å². The van der Waals surface area contributed by atoms with Gasteiger partial charge >= 0.3 is 0 Å². The minimum Gasteiger partial charge on any atom is -0.497 e. The Hall–Kier alpha value is -1.64. The third-order valence-corrected chi connectivity index (χ3v) is 5.36. The monoisotopic (exact) mass is 345 g/mol. The number of nitrogens with one attached hydrogen (secondary N) is 1. The Morgan fingerprint density at radius 3 is 2.87 bits per heavy atom. The second-order valence-electron chi connectivity index (χ2n) is 6.10. The summed E-state index contributed by atoms with van der Waals surface area (Å²) in [5.41, 5.74) is 3.42. The average Bonchev–Trinajstić information content (AvgIpc) is 3.02. The van der Waals surface area contributed by atoms with E-state index in [9.17, 15) is 0 Å². The van der Waals surface area contributed by atoms with Crippen LogP contribution in [-0.4, -0.2) is 7.11 Å². The zero-order valence-corrected chi connectivity index (χ0v) is 14.2. The molecule has 2 aromatic carbocycles. The standard InChI is InChI=1S/C19H17Cl2NO/c1-23-13-5-2-4-11(8-13)19-15-7-3-6-14(15)18-16(21)9-12(20)10-17(18)22-19/h2-6,8-10,14-15,19,22H,7H2,1H3/t14-,15-,19+/m1/s1. The molecular weight excluding hydrogens is 329 g/mol. The van der Waals surface area contributed by atoms with Gasteiger partial charge in [0.15, 0.2) is 0 Å². The fourth-order valence-corrected chi connectivity index (χ4v) is 4.43. The zero-order valence-electron chi connectivity index (χ0n) is 12.7. The lowest BCUT2D eigenvalue weighted by Gasteiger charge is -2.38. The molecule has 2 nitrogen and oxygen atoms in total. The van der Waals surface area contributed by atoms with Gasteiger partial charge < -0.3 is 10.1 Å². The van der Waals surface area contributed by atoms with Crippen LogP contribution in [0.25, 0.3) is 0 Å². The van der Waals surface area contributed by atoms with Crippen LogP contribution in [0.15, 0.2) is 48.6 Å². The number of fused-ring (bicyclic) bond motifs is 3. The molecule has 0 fully saturated rings. The van der Waals surface area contributed by atoms with Crippen LogP contribution in [0.2, 0.25) is 10.0 Å². The summed E-state index contributed by atoms with van der Waals surface area (Å²) in [6.07, 6.45) is 5.57. The number of halogens is 2. The first kappa shape index (κ1) is 14.9. The van der Waals surface area contributed by atoms with Crippen molar-refractivity contribution in [1.82, 2.24) is 0 Å². The van der Waals surface area contributed by atoms with Gasteiger partial charge in [0.1, 0.15) is 5.75 Å². The lowest BCUT2D eigenvalue weighted by atomic mass is 9.77. The molecular formula is C19H17Cl2NO. The van der Waals surface area contributed by atoms with E-state index in [1.807, 2.05) is 24.3 Å². The maximum atomic E-state index is 6.48. The summed E-state index contributed by atoms with van der Waals surface area (Å²) in [6, 6.07) is 12.3. The van der Waals surface area contributed by atoms with E-state index in [0.29, 0.717) is 16.9 Å². The fourth-order valence-electron chi connectivity index (χ4n) is 3.81. The quantitative estimate of drug-likeness (QED) is 0.691. The normalized spacial score (nSPS) is 24.7. The Morgan fingerprint density at radius 2 is 2.04 bits per heavy atom. The first-order chi connectivity index (χ1) is 11.2. The molecule has 4 rings (SSSR count).